The van der Waals surface area contributed by atoms with Crippen LogP contribution in [-0.2, 0) is 26.0 Å². The van der Waals surface area contributed by atoms with Crippen LogP contribution in [0.15, 0.2) is 47.4 Å². The molecule has 2 aromatic carbocycles. The minimum atomic E-state index is -4.05. The van der Waals surface area contributed by atoms with Gasteiger partial charge in [0.2, 0.25) is 15.9 Å². The summed E-state index contributed by atoms with van der Waals surface area (Å²) in [7, 11) is -4.05. The summed E-state index contributed by atoms with van der Waals surface area (Å²) in [5.74, 6) is 4.76. The van der Waals surface area contributed by atoms with Gasteiger partial charge in [-0.15, -0.1) is 5.92 Å². The fourth-order valence-corrected chi connectivity index (χ4v) is 4.63. The van der Waals surface area contributed by atoms with Crippen molar-refractivity contribution in [1.29, 1.82) is 0 Å². The number of hydrogen-bond acceptors (Lipinski definition) is 6. The summed E-state index contributed by atoms with van der Waals surface area (Å²) in [6.07, 6.45) is 1.11. The second-order valence-electron chi connectivity index (χ2n) is 7.61. The summed E-state index contributed by atoms with van der Waals surface area (Å²) in [5, 5.41) is 12.6. The van der Waals surface area contributed by atoms with E-state index in [9.17, 15) is 18.0 Å². The number of amides is 2. The van der Waals surface area contributed by atoms with Crippen molar-refractivity contribution in [1.82, 2.24) is 15.5 Å². The second kappa shape index (κ2) is 14.7. The topological polar surface area (TPSA) is 134 Å². The largest absolute Gasteiger partial charge is 0.481 e. The summed E-state index contributed by atoms with van der Waals surface area (Å²) >= 11 is 11.8. The van der Waals surface area contributed by atoms with Crippen molar-refractivity contribution < 1.29 is 28.0 Å². The molecule has 0 radical (unpaired) electrons. The van der Waals surface area contributed by atoms with Gasteiger partial charge in [-0.2, -0.15) is 4.72 Å². The number of rotatable bonds is 13. The molecule has 0 aliphatic rings. The van der Waals surface area contributed by atoms with Gasteiger partial charge >= 0.3 is 0 Å². The maximum absolute atomic E-state index is 12.7. The molecule has 12 heteroatoms. The van der Waals surface area contributed by atoms with Crippen LogP contribution in [0, 0.1) is 11.8 Å². The van der Waals surface area contributed by atoms with Crippen LogP contribution >= 0.6 is 23.2 Å². The summed E-state index contributed by atoms with van der Waals surface area (Å²) < 4.78 is 33.1. The average molecular weight is 556 g/mol. The van der Waals surface area contributed by atoms with Crippen LogP contribution in [0.4, 0.5) is 0 Å². The third kappa shape index (κ3) is 9.68. The highest BCUT2D eigenvalue weighted by Gasteiger charge is 2.25. The lowest BCUT2D eigenvalue weighted by atomic mass is 10.1. The molecule has 1 atom stereocenters. The van der Waals surface area contributed by atoms with E-state index >= 15 is 0 Å². The molecule has 0 saturated carbocycles. The van der Waals surface area contributed by atoms with Gasteiger partial charge in [-0.25, -0.2) is 13.9 Å². The first-order valence-corrected chi connectivity index (χ1v) is 13.2. The number of halogens is 2. The maximum Gasteiger partial charge on any atom is 0.261 e. The zero-order chi connectivity index (χ0) is 26.6. The minimum Gasteiger partial charge on any atom is -0.481 e. The Balaban J connectivity index is 1.84. The van der Waals surface area contributed by atoms with Crippen molar-refractivity contribution >= 4 is 45.0 Å². The molecule has 0 heterocycles. The Hall–Kier alpha value is -2.81. The standard InChI is InChI=1S/C24H27Cl2N3O6S/c1-2-3-14-35-18-8-10-19(11-9-18)36(33,34)29-22(24(31)28-32)6-4-5-13-27-23(30)16-17-7-12-20(25)21(26)15-17/h7-12,15,22,29,32H,4-6,13-14,16H2,1H3,(H,27,30)(H,28,31)/t22-/m1/s1. The Kier molecular flexibility index (Phi) is 12.0. The molecule has 0 aliphatic heterocycles. The predicted molar refractivity (Wildman–Crippen MR) is 136 cm³/mol. The predicted octanol–water partition coefficient (Wildman–Crippen LogP) is 3.08. The van der Waals surface area contributed by atoms with Crippen molar-refractivity contribution in [2.45, 2.75) is 43.5 Å². The van der Waals surface area contributed by atoms with Gasteiger partial charge in [0, 0.05) is 6.54 Å². The SMILES string of the molecule is CC#CCOc1ccc(S(=O)(=O)N[C@H](CCCCNC(=O)Cc2ccc(Cl)c(Cl)c2)C(=O)NO)cc1. The van der Waals surface area contributed by atoms with E-state index in [1.54, 1.807) is 25.1 Å². The van der Waals surface area contributed by atoms with Crippen molar-refractivity contribution in [2.24, 2.45) is 0 Å². The molecule has 36 heavy (non-hydrogen) atoms. The lowest BCUT2D eigenvalue weighted by Gasteiger charge is -2.17. The molecule has 0 aromatic heterocycles. The summed E-state index contributed by atoms with van der Waals surface area (Å²) in [5.41, 5.74) is 2.20. The number of hydroxylamine groups is 1. The highest BCUT2D eigenvalue weighted by atomic mass is 35.5. The first-order valence-electron chi connectivity index (χ1n) is 11.0. The van der Waals surface area contributed by atoms with Crippen molar-refractivity contribution in [3.8, 4) is 17.6 Å². The van der Waals surface area contributed by atoms with Crippen molar-refractivity contribution in [3.63, 3.8) is 0 Å². The van der Waals surface area contributed by atoms with Crippen LogP contribution in [0.3, 0.4) is 0 Å². The van der Waals surface area contributed by atoms with Crippen LogP contribution in [0.25, 0.3) is 0 Å². The molecule has 2 aromatic rings. The van der Waals surface area contributed by atoms with Crippen LogP contribution < -0.4 is 20.3 Å². The molecule has 9 nitrogen and oxygen atoms in total. The Labute approximate surface area is 220 Å². The Morgan fingerprint density at radius 2 is 1.81 bits per heavy atom. The summed E-state index contributed by atoms with van der Waals surface area (Å²) in [6, 6.07) is 9.38. The third-order valence-corrected chi connectivity index (χ3v) is 7.16. The number of benzene rings is 2. The lowest BCUT2D eigenvalue weighted by Crippen LogP contribution is -2.45. The molecule has 0 fully saturated rings. The number of nitrogens with one attached hydrogen (secondary N) is 3. The number of carbonyl (C=O) groups excluding carboxylic acids is 2. The Morgan fingerprint density at radius 3 is 2.44 bits per heavy atom. The van der Waals surface area contributed by atoms with E-state index in [0.717, 1.165) is 0 Å². The van der Waals surface area contributed by atoms with Gasteiger partial charge in [-0.3, -0.25) is 14.8 Å². The fraction of sp³-hybridized carbons (Fsp3) is 0.333. The lowest BCUT2D eigenvalue weighted by molar-refractivity contribution is -0.131. The van der Waals surface area contributed by atoms with Gasteiger partial charge in [-0.1, -0.05) is 35.2 Å². The normalized spacial score (nSPS) is 11.7. The molecule has 0 unspecified atom stereocenters. The molecule has 0 bridgehead atoms. The molecule has 2 rings (SSSR count). The first kappa shape index (κ1) is 29.4. The minimum absolute atomic E-state index is 0.0678. The molecule has 0 aliphatic carbocycles. The van der Waals surface area contributed by atoms with Crippen LogP contribution in [0.1, 0.15) is 31.7 Å². The van der Waals surface area contributed by atoms with E-state index in [0.29, 0.717) is 40.7 Å². The molecule has 4 N–H and O–H groups in total. The van der Waals surface area contributed by atoms with E-state index in [1.165, 1.54) is 29.7 Å². The van der Waals surface area contributed by atoms with E-state index in [2.05, 4.69) is 21.9 Å². The molecule has 0 saturated heterocycles. The maximum atomic E-state index is 12.7. The van der Waals surface area contributed by atoms with Crippen LogP contribution in [0.5, 0.6) is 5.75 Å². The molecular formula is C24H27Cl2N3O6S. The quantitative estimate of drug-likeness (QED) is 0.130. The van der Waals surface area contributed by atoms with Gasteiger partial charge < -0.3 is 10.1 Å². The summed E-state index contributed by atoms with van der Waals surface area (Å²) in [4.78, 5) is 24.1. The smallest absolute Gasteiger partial charge is 0.261 e. The number of ether oxygens (including phenoxy) is 1. The van der Waals surface area contributed by atoms with Gasteiger partial charge in [0.1, 0.15) is 18.4 Å². The number of unbranched alkanes of at least 4 members (excludes halogenated alkanes) is 1. The van der Waals surface area contributed by atoms with Gasteiger partial charge in [-0.05, 0) is 68.1 Å². The van der Waals surface area contributed by atoms with Crippen LogP contribution in [0.2, 0.25) is 10.0 Å². The van der Waals surface area contributed by atoms with Crippen molar-refractivity contribution in [2.75, 3.05) is 13.2 Å². The fourth-order valence-electron chi connectivity index (χ4n) is 3.08. The molecule has 0 spiro atoms. The van der Waals surface area contributed by atoms with Gasteiger partial charge in [0.05, 0.1) is 21.4 Å². The Morgan fingerprint density at radius 1 is 1.08 bits per heavy atom. The van der Waals surface area contributed by atoms with E-state index in [1.807, 2.05) is 0 Å². The van der Waals surface area contributed by atoms with Crippen LogP contribution in [-0.4, -0.2) is 44.6 Å². The number of hydrogen-bond donors (Lipinski definition) is 4. The molecular weight excluding hydrogens is 529 g/mol. The van der Waals surface area contributed by atoms with Gasteiger partial charge in [0.25, 0.3) is 5.91 Å². The van der Waals surface area contributed by atoms with E-state index < -0.39 is 22.0 Å². The number of carbonyl (C=O) groups is 2. The Bertz CT molecular complexity index is 1210. The van der Waals surface area contributed by atoms with E-state index in [4.69, 9.17) is 33.1 Å². The highest BCUT2D eigenvalue weighted by Crippen LogP contribution is 2.22. The van der Waals surface area contributed by atoms with Crippen molar-refractivity contribution in [3.05, 3.63) is 58.1 Å². The highest BCUT2D eigenvalue weighted by molar-refractivity contribution is 7.89. The molecule has 2 amide bonds. The average Bonchev–Trinajstić information content (AvgIpc) is 2.85. The first-order chi connectivity index (χ1) is 17.2. The summed E-state index contributed by atoms with van der Waals surface area (Å²) in [6.45, 7) is 2.18. The monoisotopic (exact) mass is 555 g/mol. The number of sulfonamides is 1. The second-order valence-corrected chi connectivity index (χ2v) is 10.1. The third-order valence-electron chi connectivity index (χ3n) is 4.94. The zero-order valence-electron chi connectivity index (χ0n) is 19.5. The zero-order valence-corrected chi connectivity index (χ0v) is 21.8. The van der Waals surface area contributed by atoms with E-state index in [-0.39, 0.29) is 30.3 Å². The molecule has 194 valence electrons. The van der Waals surface area contributed by atoms with Gasteiger partial charge in [0.15, 0.2) is 0 Å².